The molecule has 9 nitrogen and oxygen atoms in total. The maximum Gasteiger partial charge on any atom is 0.246 e. The summed E-state index contributed by atoms with van der Waals surface area (Å²) in [5, 5.41) is 5.84. The van der Waals surface area contributed by atoms with Crippen LogP contribution in [-0.4, -0.2) is 51.6 Å². The fourth-order valence-corrected chi connectivity index (χ4v) is 3.38. The van der Waals surface area contributed by atoms with Gasteiger partial charge in [0.25, 0.3) is 0 Å². The topological polar surface area (TPSA) is 121 Å². The second-order valence-electron chi connectivity index (χ2n) is 6.94. The largest absolute Gasteiger partial charge is 0.454 e. The van der Waals surface area contributed by atoms with Crippen LogP contribution in [0, 0.1) is 5.92 Å². The van der Waals surface area contributed by atoms with Gasteiger partial charge in [0, 0.05) is 31.2 Å². The Morgan fingerprint density at radius 2 is 1.86 bits per heavy atom. The van der Waals surface area contributed by atoms with Crippen LogP contribution in [0.3, 0.4) is 0 Å². The van der Waals surface area contributed by atoms with E-state index >= 15 is 0 Å². The summed E-state index contributed by atoms with van der Waals surface area (Å²) in [5.74, 6) is 0.827. The SMILES string of the molecule is COCCOCC(=O)NC1CCC(C(=O)Nc2cc3c(cc2N)OCO3)CC1. The third kappa shape index (κ3) is 5.26. The molecule has 154 valence electrons. The van der Waals surface area contributed by atoms with E-state index in [0.29, 0.717) is 48.9 Å². The van der Waals surface area contributed by atoms with Gasteiger partial charge in [-0.25, -0.2) is 0 Å². The summed E-state index contributed by atoms with van der Waals surface area (Å²) in [4.78, 5) is 24.5. The van der Waals surface area contributed by atoms with Gasteiger partial charge in [0.1, 0.15) is 6.61 Å². The average Bonchev–Trinajstić information content (AvgIpc) is 3.13. The molecule has 0 unspecified atom stereocenters. The number of fused-ring (bicyclic) bond motifs is 1. The highest BCUT2D eigenvalue weighted by Gasteiger charge is 2.28. The molecule has 9 heteroatoms. The predicted molar refractivity (Wildman–Crippen MR) is 102 cm³/mol. The molecule has 1 aliphatic heterocycles. The van der Waals surface area contributed by atoms with E-state index < -0.39 is 0 Å². The van der Waals surface area contributed by atoms with Gasteiger partial charge in [-0.3, -0.25) is 9.59 Å². The summed E-state index contributed by atoms with van der Waals surface area (Å²) in [5.41, 5.74) is 6.95. The van der Waals surface area contributed by atoms with Crippen molar-refractivity contribution in [2.75, 3.05) is 44.8 Å². The van der Waals surface area contributed by atoms with E-state index in [1.165, 1.54) is 0 Å². The van der Waals surface area contributed by atoms with Crippen LogP contribution in [0.15, 0.2) is 12.1 Å². The number of rotatable bonds is 8. The van der Waals surface area contributed by atoms with E-state index in [1.54, 1.807) is 19.2 Å². The number of benzene rings is 1. The number of nitrogens with two attached hydrogens (primary N) is 1. The summed E-state index contributed by atoms with van der Waals surface area (Å²) in [6.45, 7) is 1.02. The standard InChI is InChI=1S/C19H27N3O6/c1-25-6-7-26-10-18(23)21-13-4-2-12(3-5-13)19(24)22-15-9-17-16(8-14(15)20)27-11-28-17/h8-9,12-13H,2-7,10-11,20H2,1H3,(H,21,23)(H,22,24). The normalized spacial score (nSPS) is 20.6. The van der Waals surface area contributed by atoms with Gasteiger partial charge in [-0.15, -0.1) is 0 Å². The van der Waals surface area contributed by atoms with E-state index in [0.717, 1.165) is 12.8 Å². The van der Waals surface area contributed by atoms with E-state index in [4.69, 9.17) is 24.7 Å². The lowest BCUT2D eigenvalue weighted by Gasteiger charge is -2.28. The molecule has 3 rings (SSSR count). The van der Waals surface area contributed by atoms with Crippen LogP contribution < -0.4 is 25.8 Å². The number of anilines is 2. The first-order valence-electron chi connectivity index (χ1n) is 9.43. The molecule has 1 aromatic rings. The van der Waals surface area contributed by atoms with Crippen molar-refractivity contribution in [3.05, 3.63) is 12.1 Å². The van der Waals surface area contributed by atoms with Crippen molar-refractivity contribution >= 4 is 23.2 Å². The lowest BCUT2D eigenvalue weighted by atomic mass is 9.85. The molecule has 2 amide bonds. The summed E-state index contributed by atoms with van der Waals surface area (Å²) < 4.78 is 20.7. The third-order valence-electron chi connectivity index (χ3n) is 4.93. The summed E-state index contributed by atoms with van der Waals surface area (Å²) >= 11 is 0. The van der Waals surface area contributed by atoms with Gasteiger partial charge in [-0.1, -0.05) is 0 Å². The molecule has 1 saturated carbocycles. The van der Waals surface area contributed by atoms with E-state index in [1.807, 2.05) is 0 Å². The Balaban J connectivity index is 1.42. The van der Waals surface area contributed by atoms with Crippen molar-refractivity contribution < 1.29 is 28.5 Å². The monoisotopic (exact) mass is 393 g/mol. The van der Waals surface area contributed by atoms with E-state index in [2.05, 4.69) is 10.6 Å². The first-order valence-corrected chi connectivity index (χ1v) is 9.43. The zero-order valence-electron chi connectivity index (χ0n) is 16.0. The second-order valence-corrected chi connectivity index (χ2v) is 6.94. The molecule has 0 bridgehead atoms. The molecule has 4 N–H and O–H groups in total. The highest BCUT2D eigenvalue weighted by molar-refractivity contribution is 5.96. The first-order chi connectivity index (χ1) is 13.6. The Kier molecular flexibility index (Phi) is 6.94. The molecule has 2 aliphatic rings. The number of nitrogen functional groups attached to an aromatic ring is 1. The van der Waals surface area contributed by atoms with Gasteiger partial charge in [-0.2, -0.15) is 0 Å². The van der Waals surface area contributed by atoms with Crippen LogP contribution in [0.1, 0.15) is 25.7 Å². The minimum Gasteiger partial charge on any atom is -0.454 e. The van der Waals surface area contributed by atoms with Gasteiger partial charge in [0.15, 0.2) is 11.5 Å². The number of hydrogen-bond donors (Lipinski definition) is 3. The fraction of sp³-hybridized carbons (Fsp3) is 0.579. The van der Waals surface area contributed by atoms with Crippen molar-refractivity contribution in [1.82, 2.24) is 5.32 Å². The Morgan fingerprint density at radius 1 is 1.14 bits per heavy atom. The number of ether oxygens (including phenoxy) is 4. The summed E-state index contributed by atoms with van der Waals surface area (Å²) in [6, 6.07) is 3.41. The maximum absolute atomic E-state index is 12.6. The molecule has 0 aromatic heterocycles. The quantitative estimate of drug-likeness (QED) is 0.449. The van der Waals surface area contributed by atoms with E-state index in [9.17, 15) is 9.59 Å². The smallest absolute Gasteiger partial charge is 0.246 e. The highest BCUT2D eigenvalue weighted by atomic mass is 16.7. The van der Waals surface area contributed by atoms with Crippen molar-refractivity contribution in [2.24, 2.45) is 5.92 Å². The average molecular weight is 393 g/mol. The molecular weight excluding hydrogens is 366 g/mol. The zero-order valence-corrected chi connectivity index (χ0v) is 16.0. The van der Waals surface area contributed by atoms with Crippen molar-refractivity contribution in [3.8, 4) is 11.5 Å². The van der Waals surface area contributed by atoms with Crippen molar-refractivity contribution in [1.29, 1.82) is 0 Å². The summed E-state index contributed by atoms with van der Waals surface area (Å²) in [7, 11) is 1.58. The molecule has 1 aromatic carbocycles. The molecule has 0 spiro atoms. The van der Waals surface area contributed by atoms with Crippen molar-refractivity contribution in [3.63, 3.8) is 0 Å². The molecule has 28 heavy (non-hydrogen) atoms. The molecular formula is C19H27N3O6. The molecule has 1 fully saturated rings. The highest BCUT2D eigenvalue weighted by Crippen LogP contribution is 2.38. The molecule has 0 saturated heterocycles. The lowest BCUT2D eigenvalue weighted by Crippen LogP contribution is -2.41. The van der Waals surface area contributed by atoms with Crippen LogP contribution >= 0.6 is 0 Å². The Hall–Kier alpha value is -2.52. The van der Waals surface area contributed by atoms with E-state index in [-0.39, 0.29) is 37.2 Å². The Morgan fingerprint density at radius 3 is 2.57 bits per heavy atom. The minimum atomic E-state index is -0.142. The summed E-state index contributed by atoms with van der Waals surface area (Å²) in [6.07, 6.45) is 2.90. The van der Waals surface area contributed by atoms with Gasteiger partial charge in [0.2, 0.25) is 18.6 Å². The van der Waals surface area contributed by atoms with Crippen molar-refractivity contribution in [2.45, 2.75) is 31.7 Å². The number of carbonyl (C=O) groups excluding carboxylic acids is 2. The number of hydrogen-bond acceptors (Lipinski definition) is 7. The molecule has 1 heterocycles. The van der Waals surface area contributed by atoms with Crippen LogP contribution in [0.5, 0.6) is 11.5 Å². The molecule has 1 aliphatic carbocycles. The number of nitrogens with one attached hydrogen (secondary N) is 2. The van der Waals surface area contributed by atoms with Gasteiger partial charge < -0.3 is 35.3 Å². The predicted octanol–water partition coefficient (Wildman–Crippen LogP) is 1.27. The number of amides is 2. The van der Waals surface area contributed by atoms with Crippen LogP contribution in [0.25, 0.3) is 0 Å². The van der Waals surface area contributed by atoms with Crippen LogP contribution in [-0.2, 0) is 19.1 Å². The van der Waals surface area contributed by atoms with Gasteiger partial charge in [-0.05, 0) is 25.7 Å². The van der Waals surface area contributed by atoms with Crippen LogP contribution in [0.4, 0.5) is 11.4 Å². The first kappa shape index (κ1) is 20.2. The van der Waals surface area contributed by atoms with Crippen LogP contribution in [0.2, 0.25) is 0 Å². The Bertz CT molecular complexity index is 703. The molecule has 0 atom stereocenters. The lowest BCUT2D eigenvalue weighted by molar-refractivity contribution is -0.127. The zero-order chi connectivity index (χ0) is 19.9. The maximum atomic E-state index is 12.6. The number of methoxy groups -OCH3 is 1. The fourth-order valence-electron chi connectivity index (χ4n) is 3.38. The minimum absolute atomic E-state index is 0.0210. The Labute approximate surface area is 163 Å². The molecule has 0 radical (unpaired) electrons. The van der Waals surface area contributed by atoms with Gasteiger partial charge in [0.05, 0.1) is 24.6 Å². The van der Waals surface area contributed by atoms with Gasteiger partial charge >= 0.3 is 0 Å². The second kappa shape index (κ2) is 9.61. The number of carbonyl (C=O) groups is 2. The third-order valence-corrected chi connectivity index (χ3v) is 4.93.